The van der Waals surface area contributed by atoms with E-state index < -0.39 is 0 Å². The van der Waals surface area contributed by atoms with Crippen molar-refractivity contribution in [2.75, 3.05) is 23.4 Å². The van der Waals surface area contributed by atoms with Crippen LogP contribution in [-0.2, 0) is 0 Å². The molecular formula is C15H27N5. The number of nitrogens with one attached hydrogen (secondary N) is 1. The molecule has 20 heavy (non-hydrogen) atoms. The van der Waals surface area contributed by atoms with Gasteiger partial charge in [0.1, 0.15) is 17.5 Å². The molecule has 1 saturated heterocycles. The van der Waals surface area contributed by atoms with Crippen LogP contribution in [0.15, 0.2) is 0 Å². The molecule has 1 aromatic rings. The second kappa shape index (κ2) is 5.56. The van der Waals surface area contributed by atoms with E-state index in [0.717, 1.165) is 36.1 Å². The van der Waals surface area contributed by atoms with E-state index in [2.05, 4.69) is 43.0 Å². The first-order valence-corrected chi connectivity index (χ1v) is 7.44. The lowest BCUT2D eigenvalue weighted by atomic mass is 9.84. The van der Waals surface area contributed by atoms with Gasteiger partial charge in [0, 0.05) is 24.6 Å². The van der Waals surface area contributed by atoms with Crippen molar-refractivity contribution in [2.24, 2.45) is 11.3 Å². The van der Waals surface area contributed by atoms with Crippen LogP contribution in [0.1, 0.15) is 57.8 Å². The summed E-state index contributed by atoms with van der Waals surface area (Å²) in [5, 5.41) is 0. The number of rotatable bonds is 3. The van der Waals surface area contributed by atoms with E-state index in [4.69, 9.17) is 10.8 Å². The molecule has 0 unspecified atom stereocenters. The summed E-state index contributed by atoms with van der Waals surface area (Å²) < 4.78 is 0. The normalized spacial score (nSPS) is 18.4. The third-order valence-electron chi connectivity index (χ3n) is 3.99. The number of nitrogen functional groups attached to an aromatic ring is 1. The number of nitrogens with two attached hydrogens (primary N) is 1. The van der Waals surface area contributed by atoms with Gasteiger partial charge in [-0.25, -0.2) is 15.8 Å². The molecule has 5 heteroatoms. The molecular weight excluding hydrogens is 250 g/mol. The lowest BCUT2D eigenvalue weighted by Gasteiger charge is -2.39. The van der Waals surface area contributed by atoms with E-state index in [0.29, 0.717) is 11.3 Å². The van der Waals surface area contributed by atoms with Crippen molar-refractivity contribution in [1.82, 2.24) is 9.97 Å². The summed E-state index contributed by atoms with van der Waals surface area (Å²) in [5.41, 5.74) is 4.09. The van der Waals surface area contributed by atoms with Gasteiger partial charge in [-0.2, -0.15) is 0 Å². The fourth-order valence-electron chi connectivity index (χ4n) is 2.83. The number of hydrazine groups is 1. The molecule has 0 aromatic carbocycles. The van der Waals surface area contributed by atoms with Crippen LogP contribution in [0, 0.1) is 12.3 Å². The minimum Gasteiger partial charge on any atom is -0.356 e. The lowest BCUT2D eigenvalue weighted by Crippen LogP contribution is -2.41. The van der Waals surface area contributed by atoms with Crippen molar-refractivity contribution in [3.05, 3.63) is 11.4 Å². The highest BCUT2D eigenvalue weighted by atomic mass is 15.3. The average molecular weight is 277 g/mol. The first kappa shape index (κ1) is 15.0. The summed E-state index contributed by atoms with van der Waals surface area (Å²) in [4.78, 5) is 11.7. The molecule has 2 rings (SSSR count). The largest absolute Gasteiger partial charge is 0.356 e. The van der Waals surface area contributed by atoms with Crippen LogP contribution in [0.25, 0.3) is 0 Å². The third kappa shape index (κ3) is 3.03. The van der Waals surface area contributed by atoms with Crippen molar-refractivity contribution in [1.29, 1.82) is 0 Å². The zero-order valence-electron chi connectivity index (χ0n) is 13.3. The predicted octanol–water partition coefficient (Wildman–Crippen LogP) is 2.82. The summed E-state index contributed by atoms with van der Waals surface area (Å²) in [6.07, 6.45) is 2.48. The van der Waals surface area contributed by atoms with Gasteiger partial charge in [0.05, 0.1) is 0 Å². The summed E-state index contributed by atoms with van der Waals surface area (Å²) in [5.74, 6) is 8.52. The summed E-state index contributed by atoms with van der Waals surface area (Å²) in [7, 11) is 0. The second-order valence-corrected chi connectivity index (χ2v) is 6.87. The minimum atomic E-state index is 0.291. The van der Waals surface area contributed by atoms with Crippen molar-refractivity contribution >= 4 is 11.6 Å². The highest BCUT2D eigenvalue weighted by Crippen LogP contribution is 2.33. The van der Waals surface area contributed by atoms with E-state index in [-0.39, 0.29) is 0 Å². The molecule has 0 atom stereocenters. The van der Waals surface area contributed by atoms with E-state index in [1.54, 1.807) is 0 Å². The van der Waals surface area contributed by atoms with E-state index in [9.17, 15) is 0 Å². The van der Waals surface area contributed by atoms with Crippen molar-refractivity contribution in [2.45, 2.75) is 53.4 Å². The molecule has 2 heterocycles. The number of anilines is 2. The Bertz CT molecular complexity index is 481. The van der Waals surface area contributed by atoms with Gasteiger partial charge in [-0.15, -0.1) is 0 Å². The third-order valence-corrected chi connectivity index (χ3v) is 3.99. The van der Waals surface area contributed by atoms with Gasteiger partial charge < -0.3 is 10.3 Å². The van der Waals surface area contributed by atoms with E-state index >= 15 is 0 Å². The fourth-order valence-corrected chi connectivity index (χ4v) is 2.83. The molecule has 0 aliphatic carbocycles. The van der Waals surface area contributed by atoms with Crippen LogP contribution in [0.3, 0.4) is 0 Å². The quantitative estimate of drug-likeness (QED) is 0.657. The van der Waals surface area contributed by atoms with E-state index in [1.165, 1.54) is 12.8 Å². The maximum absolute atomic E-state index is 5.61. The van der Waals surface area contributed by atoms with Crippen LogP contribution < -0.4 is 16.2 Å². The number of hydrogen-bond donors (Lipinski definition) is 2. The Hall–Kier alpha value is -1.36. The molecule has 1 aromatic heterocycles. The smallest absolute Gasteiger partial charge is 0.148 e. The van der Waals surface area contributed by atoms with Crippen LogP contribution in [0.2, 0.25) is 0 Å². The van der Waals surface area contributed by atoms with Crippen LogP contribution >= 0.6 is 0 Å². The molecule has 0 bridgehead atoms. The van der Waals surface area contributed by atoms with Gasteiger partial charge in [-0.1, -0.05) is 27.7 Å². The van der Waals surface area contributed by atoms with Gasteiger partial charge >= 0.3 is 0 Å². The van der Waals surface area contributed by atoms with Gasteiger partial charge in [0.2, 0.25) is 0 Å². The van der Waals surface area contributed by atoms with E-state index in [1.807, 2.05) is 6.92 Å². The Balaban J connectivity index is 2.41. The molecule has 3 N–H and O–H groups in total. The molecule has 112 valence electrons. The number of piperidine rings is 1. The summed E-state index contributed by atoms with van der Waals surface area (Å²) in [6.45, 7) is 13.0. The highest BCUT2D eigenvalue weighted by molar-refractivity contribution is 5.58. The predicted molar refractivity (Wildman–Crippen MR) is 83.9 cm³/mol. The van der Waals surface area contributed by atoms with Crippen molar-refractivity contribution in [3.8, 4) is 0 Å². The van der Waals surface area contributed by atoms with Crippen LogP contribution in [-0.4, -0.2) is 23.1 Å². The molecule has 1 aliphatic heterocycles. The van der Waals surface area contributed by atoms with Gasteiger partial charge in [-0.05, 0) is 25.2 Å². The summed E-state index contributed by atoms with van der Waals surface area (Å²) in [6, 6.07) is 0. The number of hydrogen-bond acceptors (Lipinski definition) is 5. The molecule has 0 amide bonds. The standard InChI is InChI=1S/C15H27N5/c1-10(2)12-17-13(19-16)11(3)14(18-12)20-8-6-7-15(4,5)9-20/h10H,6-9,16H2,1-5H3,(H,17,18,19). The maximum Gasteiger partial charge on any atom is 0.148 e. The van der Waals surface area contributed by atoms with Gasteiger partial charge in [0.25, 0.3) is 0 Å². The Morgan fingerprint density at radius 2 is 2.00 bits per heavy atom. The van der Waals surface area contributed by atoms with Crippen molar-refractivity contribution < 1.29 is 0 Å². The maximum atomic E-state index is 5.61. The minimum absolute atomic E-state index is 0.291. The average Bonchev–Trinajstić information content (AvgIpc) is 2.37. The first-order valence-electron chi connectivity index (χ1n) is 7.44. The van der Waals surface area contributed by atoms with Gasteiger partial charge in [-0.3, -0.25) is 0 Å². The zero-order valence-corrected chi connectivity index (χ0v) is 13.3. The van der Waals surface area contributed by atoms with Crippen LogP contribution in [0.5, 0.6) is 0 Å². The first-order chi connectivity index (χ1) is 9.34. The number of aromatic nitrogens is 2. The highest BCUT2D eigenvalue weighted by Gasteiger charge is 2.29. The van der Waals surface area contributed by atoms with Gasteiger partial charge in [0.15, 0.2) is 0 Å². The molecule has 0 saturated carbocycles. The summed E-state index contributed by atoms with van der Waals surface area (Å²) >= 11 is 0. The number of nitrogens with zero attached hydrogens (tertiary/aromatic N) is 3. The lowest BCUT2D eigenvalue weighted by molar-refractivity contribution is 0.291. The Morgan fingerprint density at radius 1 is 1.30 bits per heavy atom. The zero-order chi connectivity index (χ0) is 14.9. The fraction of sp³-hybridized carbons (Fsp3) is 0.733. The Labute approximate surface area is 121 Å². The SMILES string of the molecule is Cc1c(NN)nc(C(C)C)nc1N1CCCC(C)(C)C1. The Kier molecular flexibility index (Phi) is 4.18. The second-order valence-electron chi connectivity index (χ2n) is 6.87. The molecule has 0 radical (unpaired) electrons. The molecule has 1 aliphatic rings. The monoisotopic (exact) mass is 277 g/mol. The Morgan fingerprint density at radius 3 is 2.55 bits per heavy atom. The van der Waals surface area contributed by atoms with Crippen molar-refractivity contribution in [3.63, 3.8) is 0 Å². The molecule has 1 fully saturated rings. The molecule has 0 spiro atoms. The molecule has 5 nitrogen and oxygen atoms in total. The topological polar surface area (TPSA) is 67.1 Å². The van der Waals surface area contributed by atoms with Crippen LogP contribution in [0.4, 0.5) is 11.6 Å².